The molecule has 4 aromatic carbocycles. The van der Waals surface area contributed by atoms with Crippen molar-refractivity contribution in [1.29, 1.82) is 0 Å². The van der Waals surface area contributed by atoms with E-state index >= 15 is 0 Å². The molecule has 12 N–H and O–H groups in total. The molecular weight excluding hydrogens is 1410 g/mol. The maximum absolute atomic E-state index is 14.5. The molecular formula is C72H91N9O26. The van der Waals surface area contributed by atoms with Crippen molar-refractivity contribution in [2.45, 2.75) is 140 Å². The summed E-state index contributed by atoms with van der Waals surface area (Å²) in [5.41, 5.74) is 1.81. The van der Waals surface area contributed by atoms with Crippen LogP contribution in [0.25, 0.3) is 0 Å². The number of nitrogens with one attached hydrogen (secondary N) is 4. The van der Waals surface area contributed by atoms with E-state index in [1.807, 2.05) is 0 Å². The molecule has 3 saturated heterocycles. The van der Waals surface area contributed by atoms with E-state index in [2.05, 4.69) is 39.3 Å². The number of unbranched alkanes of at least 4 members (excludes halogenated alkanes) is 2. The lowest BCUT2D eigenvalue weighted by Crippen LogP contribution is -2.61. The Hall–Kier alpha value is -10.2. The van der Waals surface area contributed by atoms with Gasteiger partial charge in [-0.25, -0.2) is 30.1 Å². The number of nitrogens with zero attached hydrogens (tertiary/aromatic N) is 4. The second-order valence-corrected chi connectivity index (χ2v) is 26.3. The maximum atomic E-state index is 14.5. The van der Waals surface area contributed by atoms with Crippen molar-refractivity contribution in [1.82, 2.24) is 25.8 Å². The summed E-state index contributed by atoms with van der Waals surface area (Å²) in [5, 5.41) is 75.7. The first-order valence-corrected chi connectivity index (χ1v) is 34.5. The SMILES string of the molecule is C=C1C[C@H]2C(O)N(C(=O)OCc3ccc(NC(=O)[C@H](C)NC(=O)[C@@H](NC(=O)CCOCCOC)C(C)C)cc3)c3cc(OCCCCCOc4cc5c(cc4OC)C(=O)N4CC(=C)C[C@H]4C(O)N5C(=O)OCc4ccc(O[C@@H]5O[C@H](C(=O)O)[C@@H](O)[C@H](O)[C@H]5O)c(C(=O)NCCON)c4)c(OC)cc3C(=O)N2C1. The van der Waals surface area contributed by atoms with Gasteiger partial charge in [0, 0.05) is 51.0 Å². The minimum atomic E-state index is -2.03. The van der Waals surface area contributed by atoms with E-state index < -0.39 is 128 Å². The van der Waals surface area contributed by atoms with Crippen molar-refractivity contribution >= 4 is 70.7 Å². The van der Waals surface area contributed by atoms with Gasteiger partial charge in [0.05, 0.1) is 94.0 Å². The summed E-state index contributed by atoms with van der Waals surface area (Å²) in [6, 6.07) is 11.9. The number of carboxylic acid groups (broad SMARTS) is 1. The number of fused-ring (bicyclic) bond motifs is 4. The Balaban J connectivity index is 0.835. The second kappa shape index (κ2) is 36.9. The van der Waals surface area contributed by atoms with Gasteiger partial charge in [-0.2, -0.15) is 0 Å². The zero-order chi connectivity index (χ0) is 77.5. The first-order chi connectivity index (χ1) is 51.2. The van der Waals surface area contributed by atoms with Gasteiger partial charge in [-0.1, -0.05) is 56.4 Å². The van der Waals surface area contributed by atoms with Crippen LogP contribution < -0.4 is 60.6 Å². The Morgan fingerprint density at radius 2 is 1.18 bits per heavy atom. The standard InChI is InChI=1S/C72H91N9O26/c1-37(2)57(77-56(82)18-22-100-25-24-97-6)64(88)75-40(5)62(86)76-43-15-12-41(13-16-43)35-103-71(95)80-47-31-54(52(98-7)29-44(47)65(89)78-33-38(3)26-49(78)67(80)91)101-20-10-9-11-21-102-55-32-48-45(30-53(55)99-8)66(90)79-34-39(4)27-50(79)68(92)81(48)72(96)104-36-42-14-17-51(46(28-42)63(87)74-19-23-105-73)106-70-60(85)58(83)59(84)61(107-70)69(93)94/h12-17,28-32,37,40,49-50,57-61,67-68,70,83-85,91-92H,3-4,9-11,18-27,33-36,73H2,1-2,5-8H3,(H,74,87)(H,75,88)(H,76,86)(H,77,82)(H,93,94)/t40-,49-,50-,57-,58-,59-,60+,61-,67?,68?,70+/m0/s1. The van der Waals surface area contributed by atoms with E-state index in [-0.39, 0.29) is 140 Å². The molecule has 0 radical (unpaired) electrons. The average Bonchev–Trinajstić information content (AvgIpc) is 1.64. The van der Waals surface area contributed by atoms with E-state index in [0.29, 0.717) is 54.9 Å². The average molecular weight is 1500 g/mol. The van der Waals surface area contributed by atoms with Crippen molar-refractivity contribution < 1.29 is 126 Å². The second-order valence-electron chi connectivity index (χ2n) is 26.3. The molecule has 107 heavy (non-hydrogen) atoms. The number of carbonyl (C=O) groups is 9. The maximum Gasteiger partial charge on any atom is 0.416 e. The van der Waals surface area contributed by atoms with Crippen LogP contribution >= 0.6 is 0 Å². The molecule has 8 amide bonds. The number of aliphatic carboxylic acids is 1. The van der Waals surface area contributed by atoms with Crippen LogP contribution in [0.2, 0.25) is 0 Å². The monoisotopic (exact) mass is 1500 g/mol. The molecule has 0 aromatic heterocycles. The summed E-state index contributed by atoms with van der Waals surface area (Å²) >= 11 is 0. The van der Waals surface area contributed by atoms with Crippen molar-refractivity contribution in [3.05, 3.63) is 119 Å². The number of hydrogen-bond acceptors (Lipinski definition) is 26. The van der Waals surface area contributed by atoms with Crippen molar-refractivity contribution in [3.8, 4) is 28.7 Å². The molecule has 11 atom stereocenters. The summed E-state index contributed by atoms with van der Waals surface area (Å²) in [4.78, 5) is 131. The van der Waals surface area contributed by atoms with Gasteiger partial charge in [-0.15, -0.1) is 0 Å². The molecule has 35 nitrogen and oxygen atoms in total. The van der Waals surface area contributed by atoms with E-state index in [0.717, 1.165) is 9.80 Å². The number of aliphatic hydroxyl groups excluding tert-OH is 5. The van der Waals surface area contributed by atoms with Gasteiger partial charge in [0.15, 0.2) is 41.6 Å². The number of aliphatic hydroxyl groups is 5. The largest absolute Gasteiger partial charge is 0.493 e. The molecule has 3 fully saturated rings. The summed E-state index contributed by atoms with van der Waals surface area (Å²) in [6.45, 7) is 13.1. The van der Waals surface area contributed by atoms with Crippen LogP contribution in [0.1, 0.15) is 101 Å². The minimum absolute atomic E-state index is 0.0102. The molecule has 0 spiro atoms. The fourth-order valence-electron chi connectivity index (χ4n) is 12.6. The van der Waals surface area contributed by atoms with Crippen molar-refractivity contribution in [2.24, 2.45) is 11.8 Å². The van der Waals surface area contributed by atoms with Gasteiger partial charge >= 0.3 is 18.2 Å². The summed E-state index contributed by atoms with van der Waals surface area (Å²) in [7, 11) is 4.27. The highest BCUT2D eigenvalue weighted by molar-refractivity contribution is 6.07. The van der Waals surface area contributed by atoms with Gasteiger partial charge in [-0.05, 0) is 92.5 Å². The molecule has 4 aromatic rings. The van der Waals surface area contributed by atoms with Gasteiger partial charge in [0.1, 0.15) is 49.4 Å². The predicted molar refractivity (Wildman–Crippen MR) is 376 cm³/mol. The Labute approximate surface area is 615 Å². The molecule has 0 saturated carbocycles. The van der Waals surface area contributed by atoms with Gasteiger partial charge in [-0.3, -0.25) is 28.8 Å². The van der Waals surface area contributed by atoms with Gasteiger partial charge < -0.3 is 114 Å². The Morgan fingerprint density at radius 1 is 0.626 bits per heavy atom. The van der Waals surface area contributed by atoms with E-state index in [1.54, 1.807) is 38.1 Å². The lowest BCUT2D eigenvalue weighted by Gasteiger charge is -2.38. The zero-order valence-corrected chi connectivity index (χ0v) is 59.9. The third-order valence-electron chi connectivity index (χ3n) is 18.3. The highest BCUT2D eigenvalue weighted by atomic mass is 16.7. The Morgan fingerprint density at radius 3 is 1.70 bits per heavy atom. The number of benzene rings is 4. The lowest BCUT2D eigenvalue weighted by atomic mass is 9.99. The molecule has 9 rings (SSSR count). The third-order valence-corrected chi connectivity index (χ3v) is 18.3. The number of carbonyl (C=O) groups excluding carboxylic acids is 8. The molecule has 35 heteroatoms. The van der Waals surface area contributed by atoms with E-state index in [1.165, 1.54) is 80.5 Å². The number of nitrogens with two attached hydrogens (primary N) is 1. The molecule has 580 valence electrons. The normalized spacial score (nSPS) is 21.5. The Bertz CT molecular complexity index is 3940. The molecule has 2 unspecified atom stereocenters. The van der Waals surface area contributed by atoms with Crippen molar-refractivity contribution in [3.63, 3.8) is 0 Å². The Kier molecular flexibility index (Phi) is 27.9. The quantitative estimate of drug-likeness (QED) is 0.0185. The predicted octanol–water partition coefficient (Wildman–Crippen LogP) is 2.35. The highest BCUT2D eigenvalue weighted by Gasteiger charge is 2.50. The molecule has 5 heterocycles. The van der Waals surface area contributed by atoms with Crippen LogP contribution in [0.5, 0.6) is 28.7 Å². The fraction of sp³-hybridized carbons (Fsp3) is 0.486. The van der Waals surface area contributed by atoms with Crippen molar-refractivity contribution in [2.75, 3.05) is 95.7 Å². The van der Waals surface area contributed by atoms with Crippen LogP contribution in [0, 0.1) is 5.92 Å². The highest BCUT2D eigenvalue weighted by Crippen LogP contribution is 2.45. The number of carboxylic acids is 1. The number of amides is 8. The summed E-state index contributed by atoms with van der Waals surface area (Å²) in [5.74, 6) is -0.0621. The molecule has 0 aliphatic carbocycles. The smallest absolute Gasteiger partial charge is 0.416 e. The number of rotatable bonds is 33. The molecule has 5 aliphatic rings. The molecule has 0 bridgehead atoms. The summed E-state index contributed by atoms with van der Waals surface area (Å²) < 4.78 is 56.8. The number of hydrogen-bond donors (Lipinski definition) is 11. The lowest BCUT2D eigenvalue weighted by molar-refractivity contribution is -0.271. The number of methoxy groups -OCH3 is 3. The van der Waals surface area contributed by atoms with Crippen LogP contribution in [-0.4, -0.2) is 242 Å². The van der Waals surface area contributed by atoms with Crippen LogP contribution in [0.4, 0.5) is 26.7 Å². The van der Waals surface area contributed by atoms with Crippen LogP contribution in [0.15, 0.2) is 91.0 Å². The number of ether oxygens (including phenoxy) is 10. The first kappa shape index (κ1) is 80.9. The van der Waals surface area contributed by atoms with E-state index in [9.17, 15) is 73.8 Å². The van der Waals surface area contributed by atoms with Gasteiger partial charge in [0.25, 0.3) is 17.7 Å². The van der Waals surface area contributed by atoms with E-state index in [4.69, 9.17) is 53.3 Å². The van der Waals surface area contributed by atoms with Crippen LogP contribution in [0.3, 0.4) is 0 Å². The zero-order valence-electron chi connectivity index (χ0n) is 59.9. The molecule has 5 aliphatic heterocycles. The van der Waals surface area contributed by atoms with Gasteiger partial charge in [0.2, 0.25) is 24.0 Å². The third kappa shape index (κ3) is 19.3. The fourth-order valence-corrected chi connectivity index (χ4v) is 12.6. The number of anilines is 3. The minimum Gasteiger partial charge on any atom is -0.493 e. The topological polar surface area (TPSA) is 464 Å². The first-order valence-electron chi connectivity index (χ1n) is 34.5. The van der Waals surface area contributed by atoms with Crippen LogP contribution in [-0.2, 0) is 60.9 Å². The summed E-state index contributed by atoms with van der Waals surface area (Å²) in [6.07, 6.45) is -13.8.